The van der Waals surface area contributed by atoms with Crippen LogP contribution in [0, 0.1) is 18.3 Å². The van der Waals surface area contributed by atoms with Gasteiger partial charge in [-0.2, -0.15) is 5.26 Å². The van der Waals surface area contributed by atoms with Crippen LogP contribution in [-0.4, -0.2) is 15.5 Å². The highest BCUT2D eigenvalue weighted by Gasteiger charge is 2.58. The van der Waals surface area contributed by atoms with Crippen molar-refractivity contribution in [1.82, 2.24) is 9.55 Å². The fraction of sp³-hybridized carbons (Fsp3) is 0.130. The molecule has 0 aliphatic carbocycles. The number of hydrogen-bond acceptors (Lipinski definition) is 6. The molecule has 2 aliphatic heterocycles. The third-order valence-corrected chi connectivity index (χ3v) is 5.77. The Hall–Kier alpha value is -4.38. The van der Waals surface area contributed by atoms with E-state index in [4.69, 9.17) is 10.5 Å². The molecule has 5 rings (SSSR count). The van der Waals surface area contributed by atoms with Gasteiger partial charge >= 0.3 is 0 Å². The molecule has 0 saturated heterocycles. The zero-order valence-electron chi connectivity index (χ0n) is 16.5. The van der Waals surface area contributed by atoms with Gasteiger partial charge in [-0.15, -0.1) is 0 Å². The first-order valence-corrected chi connectivity index (χ1v) is 9.62. The number of nitriles is 1. The van der Waals surface area contributed by atoms with Gasteiger partial charge in [0.05, 0.1) is 17.8 Å². The summed E-state index contributed by atoms with van der Waals surface area (Å²) >= 11 is 0. The summed E-state index contributed by atoms with van der Waals surface area (Å²) in [5.74, 6) is -0.533. The van der Waals surface area contributed by atoms with E-state index < -0.39 is 16.9 Å². The molecule has 1 amide bonds. The normalized spacial score (nSPS) is 18.8. The molecule has 4 heterocycles. The van der Waals surface area contributed by atoms with Crippen LogP contribution in [0.3, 0.4) is 0 Å². The molecule has 8 heteroatoms. The number of benzene rings is 1. The quantitative estimate of drug-likeness (QED) is 0.664. The van der Waals surface area contributed by atoms with Crippen LogP contribution in [-0.2, 0) is 16.8 Å². The second-order valence-corrected chi connectivity index (χ2v) is 7.44. The van der Waals surface area contributed by atoms with Crippen molar-refractivity contribution in [3.63, 3.8) is 0 Å². The van der Waals surface area contributed by atoms with Crippen LogP contribution in [0.2, 0.25) is 0 Å². The molecule has 0 bridgehead atoms. The van der Waals surface area contributed by atoms with E-state index >= 15 is 0 Å². The maximum absolute atomic E-state index is 13.8. The van der Waals surface area contributed by atoms with Crippen LogP contribution in [0.25, 0.3) is 0 Å². The zero-order valence-corrected chi connectivity index (χ0v) is 16.5. The number of aryl methyl sites for hydroxylation is 1. The number of rotatable bonds is 2. The molecular formula is C23H17N5O3. The van der Waals surface area contributed by atoms with Crippen molar-refractivity contribution in [2.45, 2.75) is 18.9 Å². The Morgan fingerprint density at radius 2 is 2.00 bits per heavy atom. The number of anilines is 1. The van der Waals surface area contributed by atoms with Gasteiger partial charge < -0.3 is 20.4 Å². The molecule has 2 aromatic heterocycles. The van der Waals surface area contributed by atoms with E-state index in [1.165, 1.54) is 4.57 Å². The molecule has 3 N–H and O–H groups in total. The molecule has 1 atom stereocenters. The van der Waals surface area contributed by atoms with Crippen molar-refractivity contribution in [2.75, 3.05) is 5.32 Å². The second kappa shape index (κ2) is 6.57. The van der Waals surface area contributed by atoms with Gasteiger partial charge in [0.2, 0.25) is 11.8 Å². The number of fused-ring (bicyclic) bond motifs is 4. The van der Waals surface area contributed by atoms with Gasteiger partial charge in [-0.05, 0) is 25.1 Å². The summed E-state index contributed by atoms with van der Waals surface area (Å²) in [6, 6.07) is 16.1. The van der Waals surface area contributed by atoms with Crippen LogP contribution < -0.4 is 21.3 Å². The van der Waals surface area contributed by atoms with E-state index in [0.29, 0.717) is 22.6 Å². The number of pyridine rings is 2. The van der Waals surface area contributed by atoms with Crippen LogP contribution in [0.1, 0.15) is 22.5 Å². The fourth-order valence-electron chi connectivity index (χ4n) is 4.39. The second-order valence-electron chi connectivity index (χ2n) is 7.44. The van der Waals surface area contributed by atoms with E-state index in [1.54, 1.807) is 49.5 Å². The molecule has 1 spiro atoms. The van der Waals surface area contributed by atoms with Crippen LogP contribution in [0.4, 0.5) is 5.69 Å². The summed E-state index contributed by atoms with van der Waals surface area (Å²) in [6.07, 6.45) is 1.65. The number of nitrogens with two attached hydrogens (primary N) is 1. The number of nitrogens with one attached hydrogen (secondary N) is 1. The van der Waals surface area contributed by atoms with Gasteiger partial charge in [-0.25, -0.2) is 0 Å². The predicted octanol–water partition coefficient (Wildman–Crippen LogP) is 1.92. The Bertz CT molecular complexity index is 1380. The van der Waals surface area contributed by atoms with Gasteiger partial charge in [0.25, 0.3) is 5.56 Å². The Labute approximate surface area is 177 Å². The van der Waals surface area contributed by atoms with E-state index in [0.717, 1.165) is 0 Å². The Morgan fingerprint density at radius 1 is 1.23 bits per heavy atom. The number of carbonyl (C=O) groups is 1. The predicted molar refractivity (Wildman–Crippen MR) is 112 cm³/mol. The third kappa shape index (κ3) is 2.43. The minimum absolute atomic E-state index is 0.0715. The van der Waals surface area contributed by atoms with Crippen molar-refractivity contribution in [3.05, 3.63) is 99.1 Å². The minimum atomic E-state index is -1.68. The number of carbonyl (C=O) groups excluding carboxylic acids is 1. The van der Waals surface area contributed by atoms with Crippen LogP contribution in [0.15, 0.2) is 71.0 Å². The molecule has 0 fully saturated rings. The van der Waals surface area contributed by atoms with Crippen molar-refractivity contribution in [2.24, 2.45) is 5.73 Å². The van der Waals surface area contributed by atoms with Crippen molar-refractivity contribution >= 4 is 11.6 Å². The van der Waals surface area contributed by atoms with Gasteiger partial charge in [-0.1, -0.05) is 24.3 Å². The number of para-hydroxylation sites is 1. The third-order valence-electron chi connectivity index (χ3n) is 5.77. The molecule has 0 radical (unpaired) electrons. The fourth-order valence-corrected chi connectivity index (χ4v) is 4.39. The number of ether oxygens (including phenoxy) is 1. The maximum atomic E-state index is 13.8. The lowest BCUT2D eigenvalue weighted by Crippen LogP contribution is -2.47. The van der Waals surface area contributed by atoms with E-state index in [-0.39, 0.29) is 29.3 Å². The lowest BCUT2D eigenvalue weighted by Gasteiger charge is -2.33. The molecule has 0 unspecified atom stereocenters. The highest BCUT2D eigenvalue weighted by molar-refractivity contribution is 6.12. The molecular weight excluding hydrogens is 394 g/mol. The van der Waals surface area contributed by atoms with E-state index in [1.807, 2.05) is 18.2 Å². The lowest BCUT2D eigenvalue weighted by molar-refractivity contribution is -0.118. The topological polar surface area (TPSA) is 123 Å². The van der Waals surface area contributed by atoms with Crippen molar-refractivity contribution < 1.29 is 9.53 Å². The standard InChI is InChI=1S/C23H17N5O3/c1-13-10-18-19(21(29)28(13)12-14-6-4-5-9-26-14)23(16(11-24)20(25)31-18)15-7-2-3-8-17(15)27-22(23)30/h2-10H,12,25H2,1H3,(H,27,30)/t23-/m1/s1. The van der Waals surface area contributed by atoms with Crippen LogP contribution in [0.5, 0.6) is 5.75 Å². The monoisotopic (exact) mass is 411 g/mol. The number of aromatic nitrogens is 2. The Morgan fingerprint density at radius 3 is 2.74 bits per heavy atom. The smallest absolute Gasteiger partial charge is 0.259 e. The van der Waals surface area contributed by atoms with Gasteiger partial charge in [0.1, 0.15) is 17.4 Å². The van der Waals surface area contributed by atoms with Crippen molar-refractivity contribution in [3.8, 4) is 11.8 Å². The van der Waals surface area contributed by atoms with E-state index in [9.17, 15) is 14.9 Å². The first kappa shape index (κ1) is 18.6. The SMILES string of the molecule is Cc1cc2c(c(=O)n1Cc1ccccn1)[C@]1(C(=O)Nc3ccccc31)C(C#N)=C(N)O2. The average molecular weight is 411 g/mol. The summed E-state index contributed by atoms with van der Waals surface area (Å²) in [7, 11) is 0. The summed E-state index contributed by atoms with van der Waals surface area (Å²) in [4.78, 5) is 31.5. The average Bonchev–Trinajstić information content (AvgIpc) is 3.04. The number of hydrogen-bond donors (Lipinski definition) is 2. The number of nitrogens with zero attached hydrogens (tertiary/aromatic N) is 3. The molecule has 2 aliphatic rings. The summed E-state index contributed by atoms with van der Waals surface area (Å²) in [5, 5.41) is 12.7. The first-order valence-electron chi connectivity index (χ1n) is 9.62. The lowest BCUT2D eigenvalue weighted by atomic mass is 9.69. The zero-order chi connectivity index (χ0) is 21.8. The maximum Gasteiger partial charge on any atom is 0.259 e. The summed E-state index contributed by atoms with van der Waals surface area (Å²) in [6.45, 7) is 1.97. The molecule has 1 aromatic carbocycles. The molecule has 3 aromatic rings. The van der Waals surface area contributed by atoms with Gasteiger partial charge in [0.15, 0.2) is 5.41 Å². The molecule has 31 heavy (non-hydrogen) atoms. The molecule has 152 valence electrons. The number of amides is 1. The Balaban J connectivity index is 1.85. The highest BCUT2D eigenvalue weighted by atomic mass is 16.5. The largest absolute Gasteiger partial charge is 0.440 e. The van der Waals surface area contributed by atoms with Gasteiger partial charge in [-0.3, -0.25) is 14.6 Å². The Kier molecular flexibility index (Phi) is 3.95. The molecule has 8 nitrogen and oxygen atoms in total. The summed E-state index contributed by atoms with van der Waals surface area (Å²) in [5.41, 5.74) is 6.25. The van der Waals surface area contributed by atoms with Crippen molar-refractivity contribution in [1.29, 1.82) is 5.26 Å². The van der Waals surface area contributed by atoms with Gasteiger partial charge in [0, 0.05) is 29.2 Å². The first-order chi connectivity index (χ1) is 15.0. The molecule has 0 saturated carbocycles. The summed E-state index contributed by atoms with van der Waals surface area (Å²) < 4.78 is 7.20. The van der Waals surface area contributed by atoms with E-state index in [2.05, 4.69) is 10.3 Å². The highest BCUT2D eigenvalue weighted by Crippen LogP contribution is 2.51. The van der Waals surface area contributed by atoms with Crippen LogP contribution >= 0.6 is 0 Å². The minimum Gasteiger partial charge on any atom is -0.440 e.